The zero-order chi connectivity index (χ0) is 16.8. The lowest BCUT2D eigenvalue weighted by Crippen LogP contribution is -2.12. The van der Waals surface area contributed by atoms with E-state index in [9.17, 15) is 0 Å². The summed E-state index contributed by atoms with van der Waals surface area (Å²) < 4.78 is 11.1. The molecule has 0 saturated heterocycles. The van der Waals surface area contributed by atoms with Crippen molar-refractivity contribution in [3.05, 3.63) is 65.0 Å². The molecule has 3 rings (SSSR count). The molecule has 2 N–H and O–H groups in total. The number of benzene rings is 1. The third-order valence-corrected chi connectivity index (χ3v) is 3.85. The molecule has 1 aromatic carbocycles. The van der Waals surface area contributed by atoms with Crippen LogP contribution in [0.5, 0.6) is 0 Å². The van der Waals surface area contributed by atoms with Crippen LogP contribution >= 0.6 is 0 Å². The molecule has 0 bridgehead atoms. The van der Waals surface area contributed by atoms with E-state index in [0.29, 0.717) is 6.61 Å². The summed E-state index contributed by atoms with van der Waals surface area (Å²) in [5, 5.41) is 10.6. The van der Waals surface area contributed by atoms with Crippen molar-refractivity contribution < 1.29 is 9.15 Å². The van der Waals surface area contributed by atoms with Crippen molar-refractivity contribution in [2.45, 2.75) is 33.5 Å². The number of H-pyrrole nitrogens is 1. The SMILES string of the molecule is CCOCc1ccc(CNCc2cn[nH]c2-c2ccc(C)o2)cc1. The summed E-state index contributed by atoms with van der Waals surface area (Å²) in [5.41, 5.74) is 4.47. The molecule has 5 nitrogen and oxygen atoms in total. The average molecular weight is 325 g/mol. The highest BCUT2D eigenvalue weighted by Crippen LogP contribution is 2.23. The minimum Gasteiger partial charge on any atom is -0.460 e. The third-order valence-electron chi connectivity index (χ3n) is 3.85. The van der Waals surface area contributed by atoms with Crippen LogP contribution in [0.15, 0.2) is 47.0 Å². The van der Waals surface area contributed by atoms with Gasteiger partial charge in [0.1, 0.15) is 11.5 Å². The number of hydrogen-bond acceptors (Lipinski definition) is 4. The smallest absolute Gasteiger partial charge is 0.152 e. The predicted octanol–water partition coefficient (Wildman–Crippen LogP) is 3.80. The van der Waals surface area contributed by atoms with Crippen LogP contribution in [0, 0.1) is 6.92 Å². The van der Waals surface area contributed by atoms with Crippen molar-refractivity contribution >= 4 is 0 Å². The van der Waals surface area contributed by atoms with E-state index in [-0.39, 0.29) is 0 Å². The lowest BCUT2D eigenvalue weighted by Gasteiger charge is -2.07. The van der Waals surface area contributed by atoms with Crippen LogP contribution in [0.4, 0.5) is 0 Å². The van der Waals surface area contributed by atoms with Gasteiger partial charge in [-0.1, -0.05) is 24.3 Å². The van der Waals surface area contributed by atoms with Crippen LogP contribution in [0.2, 0.25) is 0 Å². The first-order chi connectivity index (χ1) is 11.8. The summed E-state index contributed by atoms with van der Waals surface area (Å²) >= 11 is 0. The van der Waals surface area contributed by atoms with Crippen molar-refractivity contribution in [3.8, 4) is 11.5 Å². The van der Waals surface area contributed by atoms with Gasteiger partial charge < -0.3 is 14.5 Å². The first-order valence-electron chi connectivity index (χ1n) is 8.21. The predicted molar refractivity (Wildman–Crippen MR) is 93.3 cm³/mol. The Balaban J connectivity index is 1.54. The van der Waals surface area contributed by atoms with Crippen LogP contribution in [0.3, 0.4) is 0 Å². The topological polar surface area (TPSA) is 63.1 Å². The van der Waals surface area contributed by atoms with Crippen molar-refractivity contribution in [3.63, 3.8) is 0 Å². The van der Waals surface area contributed by atoms with Crippen molar-refractivity contribution in [1.29, 1.82) is 0 Å². The Morgan fingerprint density at radius 1 is 1.08 bits per heavy atom. The van der Waals surface area contributed by atoms with Gasteiger partial charge in [0.15, 0.2) is 5.76 Å². The van der Waals surface area contributed by atoms with E-state index in [4.69, 9.17) is 9.15 Å². The van der Waals surface area contributed by atoms with Gasteiger partial charge in [0.2, 0.25) is 0 Å². The Labute approximate surface area is 142 Å². The molecule has 0 radical (unpaired) electrons. The fourth-order valence-corrected chi connectivity index (χ4v) is 2.54. The zero-order valence-corrected chi connectivity index (χ0v) is 14.1. The first-order valence-corrected chi connectivity index (χ1v) is 8.21. The maximum atomic E-state index is 5.67. The molecule has 0 saturated carbocycles. The first kappa shape index (κ1) is 16.5. The molecule has 0 aliphatic carbocycles. The van der Waals surface area contributed by atoms with Gasteiger partial charge in [0.25, 0.3) is 0 Å². The number of aromatic nitrogens is 2. The lowest BCUT2D eigenvalue weighted by molar-refractivity contribution is 0.134. The van der Waals surface area contributed by atoms with Crippen LogP contribution in [0.1, 0.15) is 29.4 Å². The van der Waals surface area contributed by atoms with E-state index < -0.39 is 0 Å². The molecule has 0 aliphatic heterocycles. The fourth-order valence-electron chi connectivity index (χ4n) is 2.54. The highest BCUT2D eigenvalue weighted by Gasteiger charge is 2.10. The molecule has 0 unspecified atom stereocenters. The van der Waals surface area contributed by atoms with E-state index in [1.54, 1.807) is 0 Å². The number of nitrogens with zero attached hydrogens (tertiary/aromatic N) is 1. The molecule has 24 heavy (non-hydrogen) atoms. The largest absolute Gasteiger partial charge is 0.460 e. The monoisotopic (exact) mass is 325 g/mol. The molecular formula is C19H23N3O2. The minimum absolute atomic E-state index is 0.672. The Hall–Kier alpha value is -2.37. The molecule has 2 aromatic heterocycles. The van der Waals surface area contributed by atoms with Gasteiger partial charge in [-0.2, -0.15) is 5.10 Å². The number of furan rings is 1. The van der Waals surface area contributed by atoms with Gasteiger partial charge in [0, 0.05) is 25.3 Å². The van der Waals surface area contributed by atoms with Gasteiger partial charge in [-0.05, 0) is 37.1 Å². The number of ether oxygens (including phenoxy) is 1. The van der Waals surface area contributed by atoms with E-state index in [2.05, 4.69) is 39.8 Å². The highest BCUT2D eigenvalue weighted by atomic mass is 16.5. The molecule has 0 aliphatic rings. The normalized spacial score (nSPS) is 11.1. The second kappa shape index (κ2) is 7.95. The van der Waals surface area contributed by atoms with Crippen LogP contribution < -0.4 is 5.32 Å². The molecule has 5 heteroatoms. The van der Waals surface area contributed by atoms with Gasteiger partial charge >= 0.3 is 0 Å². The molecule has 126 valence electrons. The quantitative estimate of drug-likeness (QED) is 0.661. The molecule has 0 spiro atoms. The number of aryl methyl sites for hydroxylation is 1. The lowest BCUT2D eigenvalue weighted by atomic mass is 10.1. The van der Waals surface area contributed by atoms with Gasteiger partial charge in [-0.25, -0.2) is 0 Å². The van der Waals surface area contributed by atoms with Crippen molar-refractivity contribution in [2.24, 2.45) is 0 Å². The van der Waals surface area contributed by atoms with Crippen LogP contribution in [-0.2, 0) is 24.4 Å². The number of rotatable bonds is 8. The molecule has 2 heterocycles. The summed E-state index contributed by atoms with van der Waals surface area (Å²) in [5.74, 6) is 1.72. The van der Waals surface area contributed by atoms with E-state index in [0.717, 1.165) is 42.5 Å². The summed E-state index contributed by atoms with van der Waals surface area (Å²) in [4.78, 5) is 0. The number of hydrogen-bond donors (Lipinski definition) is 2. The fraction of sp³-hybridized carbons (Fsp3) is 0.316. The van der Waals surface area contributed by atoms with Crippen molar-refractivity contribution in [1.82, 2.24) is 15.5 Å². The molecule has 0 atom stereocenters. The minimum atomic E-state index is 0.672. The average Bonchev–Trinajstić information content (AvgIpc) is 3.23. The summed E-state index contributed by atoms with van der Waals surface area (Å²) in [6.07, 6.45) is 1.84. The van der Waals surface area contributed by atoms with E-state index in [1.165, 1.54) is 11.1 Å². The second-order valence-electron chi connectivity index (χ2n) is 5.74. The van der Waals surface area contributed by atoms with Gasteiger partial charge in [-0.3, -0.25) is 5.10 Å². The van der Waals surface area contributed by atoms with Crippen LogP contribution in [0.25, 0.3) is 11.5 Å². The zero-order valence-electron chi connectivity index (χ0n) is 14.1. The van der Waals surface area contributed by atoms with E-state index in [1.807, 2.05) is 32.2 Å². The summed E-state index contributed by atoms with van der Waals surface area (Å²) in [6, 6.07) is 12.4. The Bertz CT molecular complexity index is 759. The Morgan fingerprint density at radius 2 is 1.88 bits per heavy atom. The number of nitrogens with one attached hydrogen (secondary N) is 2. The second-order valence-corrected chi connectivity index (χ2v) is 5.74. The highest BCUT2D eigenvalue weighted by molar-refractivity contribution is 5.56. The van der Waals surface area contributed by atoms with Gasteiger partial charge in [0.05, 0.1) is 12.8 Å². The van der Waals surface area contributed by atoms with Gasteiger partial charge in [-0.15, -0.1) is 0 Å². The maximum absolute atomic E-state index is 5.67. The van der Waals surface area contributed by atoms with Crippen molar-refractivity contribution in [2.75, 3.05) is 6.61 Å². The third kappa shape index (κ3) is 4.13. The summed E-state index contributed by atoms with van der Waals surface area (Å²) in [7, 11) is 0. The molecule has 0 fully saturated rings. The maximum Gasteiger partial charge on any atom is 0.152 e. The van der Waals surface area contributed by atoms with E-state index >= 15 is 0 Å². The standard InChI is InChI=1S/C19H23N3O2/c1-3-23-13-16-7-5-15(6-8-16)10-20-11-17-12-21-22-19(17)18-9-4-14(2)24-18/h4-9,12,20H,3,10-11,13H2,1-2H3,(H,21,22). The molecule has 0 amide bonds. The Kier molecular flexibility index (Phi) is 5.46. The Morgan fingerprint density at radius 3 is 2.58 bits per heavy atom. The molecule has 3 aromatic rings. The summed E-state index contributed by atoms with van der Waals surface area (Å²) in [6.45, 7) is 6.89. The van der Waals surface area contributed by atoms with Crippen LogP contribution in [-0.4, -0.2) is 16.8 Å². The number of aromatic amines is 1. The molecular weight excluding hydrogens is 302 g/mol.